The lowest BCUT2D eigenvalue weighted by Crippen LogP contribution is -1.94. The Labute approximate surface area is 132 Å². The van der Waals surface area contributed by atoms with E-state index >= 15 is 0 Å². The maximum Gasteiger partial charge on any atom is 0.185 e. The van der Waals surface area contributed by atoms with Crippen molar-refractivity contribution in [2.24, 2.45) is 0 Å². The summed E-state index contributed by atoms with van der Waals surface area (Å²) in [6.07, 6.45) is 3.26. The summed E-state index contributed by atoms with van der Waals surface area (Å²) in [6.45, 7) is 1.76. The van der Waals surface area contributed by atoms with Crippen molar-refractivity contribution in [3.63, 3.8) is 0 Å². The minimum atomic E-state index is -0.106. The van der Waals surface area contributed by atoms with Crippen LogP contribution in [-0.4, -0.2) is 18.0 Å². The highest BCUT2D eigenvalue weighted by molar-refractivity contribution is 9.10. The van der Waals surface area contributed by atoms with Gasteiger partial charge < -0.3 is 9.84 Å². The number of carbonyl (C=O) groups is 1. The number of hydrogen-bond acceptors (Lipinski definition) is 3. The van der Waals surface area contributed by atoms with Crippen LogP contribution in [0.4, 0.5) is 0 Å². The maximum atomic E-state index is 12.1. The molecule has 2 rings (SSSR count). The Kier molecular flexibility index (Phi) is 4.81. The number of hydrogen-bond donors (Lipinski definition) is 1. The Balaban J connectivity index is 2.18. The van der Waals surface area contributed by atoms with Gasteiger partial charge in [-0.1, -0.05) is 12.1 Å². The van der Waals surface area contributed by atoms with E-state index in [2.05, 4.69) is 15.9 Å². The first-order valence-electron chi connectivity index (χ1n) is 6.37. The van der Waals surface area contributed by atoms with Crippen molar-refractivity contribution < 1.29 is 14.6 Å². The number of rotatable bonds is 4. The third-order valence-electron chi connectivity index (χ3n) is 3.08. The average Bonchev–Trinajstić information content (AvgIpc) is 2.47. The fourth-order valence-corrected chi connectivity index (χ4v) is 2.42. The fourth-order valence-electron chi connectivity index (χ4n) is 1.86. The van der Waals surface area contributed by atoms with Crippen LogP contribution in [0.3, 0.4) is 0 Å². The van der Waals surface area contributed by atoms with Crippen molar-refractivity contribution in [3.8, 4) is 11.5 Å². The Hall–Kier alpha value is -2.07. The second kappa shape index (κ2) is 6.59. The number of phenolic OH excluding ortho intramolecular Hbond substituents is 1. The van der Waals surface area contributed by atoms with Crippen molar-refractivity contribution in [2.75, 3.05) is 7.11 Å². The number of aromatic hydroxyl groups is 1. The van der Waals surface area contributed by atoms with Crippen LogP contribution < -0.4 is 4.74 Å². The molecule has 108 valence electrons. The minimum absolute atomic E-state index is 0.106. The molecule has 0 saturated heterocycles. The van der Waals surface area contributed by atoms with Gasteiger partial charge in [0.15, 0.2) is 5.78 Å². The first-order chi connectivity index (χ1) is 10.0. The summed E-state index contributed by atoms with van der Waals surface area (Å²) in [4.78, 5) is 12.1. The average molecular weight is 347 g/mol. The molecule has 0 aliphatic rings. The number of ether oxygens (including phenoxy) is 1. The number of benzene rings is 2. The lowest BCUT2D eigenvalue weighted by molar-refractivity contribution is 0.104. The van der Waals surface area contributed by atoms with Gasteiger partial charge in [-0.2, -0.15) is 0 Å². The zero-order valence-electron chi connectivity index (χ0n) is 11.8. The number of carbonyl (C=O) groups excluding carboxylic acids is 1. The summed E-state index contributed by atoms with van der Waals surface area (Å²) in [6, 6.07) is 10.4. The van der Waals surface area contributed by atoms with Crippen molar-refractivity contribution in [1.29, 1.82) is 0 Å². The molecule has 0 fully saturated rings. The highest BCUT2D eigenvalue weighted by Gasteiger charge is 2.05. The predicted octanol–water partition coefficient (Wildman–Crippen LogP) is 4.37. The number of halogens is 1. The van der Waals surface area contributed by atoms with Crippen LogP contribution in [-0.2, 0) is 0 Å². The van der Waals surface area contributed by atoms with Crippen LogP contribution in [0.15, 0.2) is 46.9 Å². The van der Waals surface area contributed by atoms with Crippen molar-refractivity contribution in [1.82, 2.24) is 0 Å². The summed E-state index contributed by atoms with van der Waals surface area (Å²) < 4.78 is 5.99. The number of allylic oxidation sites excluding steroid dienone is 1. The molecule has 0 saturated carbocycles. The first-order valence-corrected chi connectivity index (χ1v) is 7.16. The molecule has 3 nitrogen and oxygen atoms in total. The van der Waals surface area contributed by atoms with Crippen LogP contribution in [0.5, 0.6) is 11.5 Å². The normalized spacial score (nSPS) is 10.8. The van der Waals surface area contributed by atoms with E-state index in [9.17, 15) is 9.90 Å². The van der Waals surface area contributed by atoms with Gasteiger partial charge in [-0.05, 0) is 70.4 Å². The number of phenols is 1. The van der Waals surface area contributed by atoms with E-state index in [4.69, 9.17) is 4.74 Å². The zero-order valence-corrected chi connectivity index (χ0v) is 13.3. The zero-order chi connectivity index (χ0) is 15.4. The fraction of sp³-hybridized carbons (Fsp3) is 0.118. The van der Waals surface area contributed by atoms with E-state index in [-0.39, 0.29) is 11.5 Å². The van der Waals surface area contributed by atoms with Gasteiger partial charge in [-0.3, -0.25) is 4.79 Å². The van der Waals surface area contributed by atoms with Crippen LogP contribution in [0.25, 0.3) is 6.08 Å². The molecule has 0 heterocycles. The molecule has 0 unspecified atom stereocenters. The lowest BCUT2D eigenvalue weighted by Gasteiger charge is -2.03. The Morgan fingerprint density at radius 2 is 2.00 bits per heavy atom. The predicted molar refractivity (Wildman–Crippen MR) is 86.9 cm³/mol. The topological polar surface area (TPSA) is 46.5 Å². The van der Waals surface area contributed by atoms with Gasteiger partial charge in [0, 0.05) is 5.56 Å². The number of aryl methyl sites for hydroxylation is 1. The van der Waals surface area contributed by atoms with Gasteiger partial charge in [-0.25, -0.2) is 0 Å². The van der Waals surface area contributed by atoms with Crippen molar-refractivity contribution >= 4 is 27.8 Å². The molecule has 2 aromatic carbocycles. The number of ketones is 1. The Morgan fingerprint density at radius 3 is 2.62 bits per heavy atom. The molecule has 0 spiro atoms. The lowest BCUT2D eigenvalue weighted by atomic mass is 10.1. The van der Waals surface area contributed by atoms with Gasteiger partial charge in [0.2, 0.25) is 0 Å². The Morgan fingerprint density at radius 1 is 1.24 bits per heavy atom. The SMILES string of the molecule is COc1ccc(/C=C/C(=O)c2ccc(O)c(C)c2)cc1Br. The second-order valence-electron chi connectivity index (χ2n) is 4.59. The molecule has 4 heteroatoms. The van der Waals surface area contributed by atoms with Gasteiger partial charge >= 0.3 is 0 Å². The van der Waals surface area contributed by atoms with E-state index in [0.717, 1.165) is 15.8 Å². The second-order valence-corrected chi connectivity index (χ2v) is 5.45. The smallest absolute Gasteiger partial charge is 0.185 e. The quantitative estimate of drug-likeness (QED) is 0.660. The van der Waals surface area contributed by atoms with Crippen LogP contribution in [0.1, 0.15) is 21.5 Å². The molecule has 0 aliphatic carbocycles. The molecule has 0 aliphatic heterocycles. The van der Waals surface area contributed by atoms with Gasteiger partial charge in [0.25, 0.3) is 0 Å². The summed E-state index contributed by atoms with van der Waals surface area (Å²) in [5, 5.41) is 9.47. The summed E-state index contributed by atoms with van der Waals surface area (Å²) in [5.74, 6) is 0.826. The van der Waals surface area contributed by atoms with E-state index in [0.29, 0.717) is 11.1 Å². The van der Waals surface area contributed by atoms with Crippen molar-refractivity contribution in [3.05, 3.63) is 63.6 Å². The van der Waals surface area contributed by atoms with E-state index < -0.39 is 0 Å². The van der Waals surface area contributed by atoms with Crippen LogP contribution in [0, 0.1) is 6.92 Å². The molecule has 1 N–H and O–H groups in total. The molecule has 0 amide bonds. The van der Waals surface area contributed by atoms with Gasteiger partial charge in [0.1, 0.15) is 11.5 Å². The largest absolute Gasteiger partial charge is 0.508 e. The van der Waals surface area contributed by atoms with E-state index in [1.807, 2.05) is 18.2 Å². The van der Waals surface area contributed by atoms with Crippen LogP contribution in [0.2, 0.25) is 0 Å². The molecule has 0 bridgehead atoms. The summed E-state index contributed by atoms with van der Waals surface area (Å²) in [7, 11) is 1.60. The van der Waals surface area contributed by atoms with E-state index in [1.54, 1.807) is 32.2 Å². The third kappa shape index (κ3) is 3.73. The molecule has 0 aromatic heterocycles. The molecular formula is C17H15BrO3. The molecule has 0 atom stereocenters. The van der Waals surface area contributed by atoms with Gasteiger partial charge in [-0.15, -0.1) is 0 Å². The molecule has 0 radical (unpaired) electrons. The first kappa shape index (κ1) is 15.3. The third-order valence-corrected chi connectivity index (χ3v) is 3.70. The summed E-state index contributed by atoms with van der Waals surface area (Å²) in [5.41, 5.74) is 2.13. The maximum absolute atomic E-state index is 12.1. The van der Waals surface area contributed by atoms with Crippen molar-refractivity contribution in [2.45, 2.75) is 6.92 Å². The standard InChI is InChI=1S/C17H15BrO3/c1-11-9-13(5-7-15(11)19)16(20)6-3-12-4-8-17(21-2)14(18)10-12/h3-10,19H,1-2H3/b6-3+. The molecular weight excluding hydrogens is 332 g/mol. The van der Waals surface area contributed by atoms with Crippen LogP contribution >= 0.6 is 15.9 Å². The van der Waals surface area contributed by atoms with E-state index in [1.165, 1.54) is 12.1 Å². The Bertz CT molecular complexity index is 705. The molecule has 21 heavy (non-hydrogen) atoms. The highest BCUT2D eigenvalue weighted by atomic mass is 79.9. The molecule has 2 aromatic rings. The number of methoxy groups -OCH3 is 1. The highest BCUT2D eigenvalue weighted by Crippen LogP contribution is 2.26. The van der Waals surface area contributed by atoms with Gasteiger partial charge in [0.05, 0.1) is 11.6 Å². The summed E-state index contributed by atoms with van der Waals surface area (Å²) >= 11 is 3.41. The minimum Gasteiger partial charge on any atom is -0.508 e. The monoisotopic (exact) mass is 346 g/mol.